The highest BCUT2D eigenvalue weighted by atomic mass is 16.7. The van der Waals surface area contributed by atoms with Gasteiger partial charge in [-0.3, -0.25) is 0 Å². The topological polar surface area (TPSA) is 157 Å². The van der Waals surface area contributed by atoms with Crippen molar-refractivity contribution in [3.63, 3.8) is 0 Å². The maximum Gasteiger partial charge on any atom is 0.197 e. The third kappa shape index (κ3) is 5.65. The fourth-order valence-corrected chi connectivity index (χ4v) is 10.1. The van der Waals surface area contributed by atoms with E-state index in [4.69, 9.17) is 28.4 Å². The van der Waals surface area contributed by atoms with Crippen molar-refractivity contribution >= 4 is 0 Å². The molecule has 0 radical (unpaired) electrons. The first-order chi connectivity index (χ1) is 21.2. The highest BCUT2D eigenvalue weighted by molar-refractivity contribution is 5.25. The Morgan fingerprint density at radius 2 is 1.67 bits per heavy atom. The standard InChI is InChI=1S/C34H56O11/c1-17-27(36)25(35)16-26(42-17)44-19(3)34(39)33(5)13-10-23-22(24(33)11-14-41-34)8-7-20-15-21(9-12-32(20,23)4)45-31-30(40-6)29(38)28(37)18(2)43-31/h7,17-19,21-31,35-39H,8-16H2,1-6H3/t17-,18+,19-,21-,22+,23-,24-,25-,26+,27-,28-,29+,30+,31-,32-,33-,34+/m0/s1. The maximum absolute atomic E-state index is 12.3. The number of hydrogen-bond donors (Lipinski definition) is 5. The molecule has 0 bridgehead atoms. The Morgan fingerprint density at radius 3 is 2.38 bits per heavy atom. The van der Waals surface area contributed by atoms with Crippen LogP contribution in [-0.4, -0.2) is 113 Å². The Morgan fingerprint density at radius 1 is 0.933 bits per heavy atom. The van der Waals surface area contributed by atoms with E-state index in [-0.39, 0.29) is 23.9 Å². The summed E-state index contributed by atoms with van der Waals surface area (Å²) in [7, 11) is 1.50. The minimum atomic E-state index is -1.52. The first kappa shape index (κ1) is 34.2. The molecule has 3 saturated heterocycles. The van der Waals surface area contributed by atoms with Crippen molar-refractivity contribution in [2.24, 2.45) is 28.6 Å². The lowest BCUT2D eigenvalue weighted by molar-refractivity contribution is -0.384. The SMILES string of the molecule is CO[C@H]1[C@H](O[C@H]2CC[C@@]3(C)C(=CC[C@@H]4[C@@H]3CC[C@@]3(C)[C@H]4CCO[C@]3(O)[C@H](C)O[C@@H]3C[C@H](O)[C@@H](O)[C@H](C)O3)C2)O[C@H](C)[C@H](O)[C@H]1O. The quantitative estimate of drug-likeness (QED) is 0.272. The lowest BCUT2D eigenvalue weighted by Crippen LogP contribution is -2.67. The molecule has 11 nitrogen and oxygen atoms in total. The van der Waals surface area contributed by atoms with Crippen molar-refractivity contribution in [3.05, 3.63) is 11.6 Å². The average Bonchev–Trinajstić information content (AvgIpc) is 2.99. The highest BCUT2D eigenvalue weighted by Gasteiger charge is 2.65. The van der Waals surface area contributed by atoms with Gasteiger partial charge < -0.3 is 54.0 Å². The van der Waals surface area contributed by atoms with Gasteiger partial charge in [-0.1, -0.05) is 25.5 Å². The Kier molecular flexibility index (Phi) is 9.60. The van der Waals surface area contributed by atoms with Gasteiger partial charge in [0.15, 0.2) is 18.4 Å². The number of aliphatic hydroxyl groups excluding tert-OH is 4. The van der Waals surface area contributed by atoms with Gasteiger partial charge in [0.05, 0.1) is 31.0 Å². The third-order valence-electron chi connectivity index (χ3n) is 13.0. The van der Waals surface area contributed by atoms with Crippen LogP contribution in [0.3, 0.4) is 0 Å². The molecule has 258 valence electrons. The Bertz CT molecular complexity index is 1080. The predicted octanol–water partition coefficient (Wildman–Crippen LogP) is 2.39. The highest BCUT2D eigenvalue weighted by Crippen LogP contribution is 2.65. The van der Waals surface area contributed by atoms with Crippen LogP contribution in [0.1, 0.15) is 86.0 Å². The van der Waals surface area contributed by atoms with Gasteiger partial charge in [0.2, 0.25) is 0 Å². The van der Waals surface area contributed by atoms with Gasteiger partial charge in [0.1, 0.15) is 30.5 Å². The van der Waals surface area contributed by atoms with E-state index in [1.807, 2.05) is 6.92 Å². The molecule has 3 aliphatic heterocycles. The monoisotopic (exact) mass is 640 g/mol. The van der Waals surface area contributed by atoms with E-state index in [2.05, 4.69) is 19.9 Å². The molecule has 0 amide bonds. The van der Waals surface area contributed by atoms with E-state index in [0.717, 1.165) is 44.9 Å². The van der Waals surface area contributed by atoms with Crippen LogP contribution in [0.5, 0.6) is 0 Å². The van der Waals surface area contributed by atoms with Crippen molar-refractivity contribution < 1.29 is 54.0 Å². The van der Waals surface area contributed by atoms with E-state index in [9.17, 15) is 25.5 Å². The van der Waals surface area contributed by atoms with Crippen LogP contribution >= 0.6 is 0 Å². The second-order valence-electron chi connectivity index (χ2n) is 15.3. The molecule has 0 unspecified atom stereocenters. The second kappa shape index (κ2) is 12.6. The summed E-state index contributed by atoms with van der Waals surface area (Å²) in [5.74, 6) is -0.393. The van der Waals surface area contributed by atoms with Gasteiger partial charge >= 0.3 is 0 Å². The van der Waals surface area contributed by atoms with Gasteiger partial charge in [-0.25, -0.2) is 0 Å². The van der Waals surface area contributed by atoms with Crippen molar-refractivity contribution in [1.82, 2.24) is 0 Å². The molecule has 0 spiro atoms. The van der Waals surface area contributed by atoms with Gasteiger partial charge in [-0.05, 0) is 88.9 Å². The van der Waals surface area contributed by atoms with E-state index in [1.54, 1.807) is 13.8 Å². The number of rotatable bonds is 6. The van der Waals surface area contributed by atoms with Gasteiger partial charge in [0.25, 0.3) is 0 Å². The summed E-state index contributed by atoms with van der Waals surface area (Å²) < 4.78 is 36.2. The smallest absolute Gasteiger partial charge is 0.197 e. The summed E-state index contributed by atoms with van der Waals surface area (Å²) in [6.07, 6.45) is 0.617. The molecule has 45 heavy (non-hydrogen) atoms. The Balaban J connectivity index is 1.15. The first-order valence-electron chi connectivity index (χ1n) is 17.2. The lowest BCUT2D eigenvalue weighted by Gasteiger charge is -2.64. The average molecular weight is 641 g/mol. The largest absolute Gasteiger partial charge is 0.390 e. The van der Waals surface area contributed by atoms with E-state index in [1.165, 1.54) is 12.7 Å². The van der Waals surface area contributed by atoms with E-state index in [0.29, 0.717) is 18.4 Å². The van der Waals surface area contributed by atoms with Crippen LogP contribution in [0, 0.1) is 28.6 Å². The molecule has 11 heteroatoms. The summed E-state index contributed by atoms with van der Waals surface area (Å²) in [6.45, 7) is 10.3. The maximum atomic E-state index is 12.3. The number of aliphatic hydroxyl groups is 5. The summed E-state index contributed by atoms with van der Waals surface area (Å²) >= 11 is 0. The number of methoxy groups -OCH3 is 1. The van der Waals surface area contributed by atoms with Gasteiger partial charge in [-0.15, -0.1) is 0 Å². The zero-order valence-electron chi connectivity index (χ0n) is 27.7. The van der Waals surface area contributed by atoms with E-state index >= 15 is 0 Å². The summed E-state index contributed by atoms with van der Waals surface area (Å²) in [6, 6.07) is 0. The minimum Gasteiger partial charge on any atom is -0.390 e. The van der Waals surface area contributed by atoms with Crippen LogP contribution < -0.4 is 0 Å². The minimum absolute atomic E-state index is 0.0305. The molecule has 17 atom stereocenters. The molecule has 6 rings (SSSR count). The molecule has 5 N–H and O–H groups in total. The van der Waals surface area contributed by atoms with Crippen LogP contribution in [0.4, 0.5) is 0 Å². The Labute approximate surface area is 267 Å². The zero-order chi connectivity index (χ0) is 32.5. The van der Waals surface area contributed by atoms with Crippen LogP contribution in [0.15, 0.2) is 11.6 Å². The first-order valence-corrected chi connectivity index (χ1v) is 17.2. The number of allylic oxidation sites excluding steroid dienone is 1. The predicted molar refractivity (Wildman–Crippen MR) is 162 cm³/mol. The van der Waals surface area contributed by atoms with Crippen LogP contribution in [0.25, 0.3) is 0 Å². The molecular formula is C34H56O11. The number of ether oxygens (including phenoxy) is 6. The molecule has 6 aliphatic rings. The summed E-state index contributed by atoms with van der Waals surface area (Å²) in [4.78, 5) is 0. The molecule has 2 saturated carbocycles. The molecular weight excluding hydrogens is 584 g/mol. The van der Waals surface area contributed by atoms with Gasteiger partial charge in [0, 0.05) is 18.9 Å². The normalized spacial score (nSPS) is 54.3. The van der Waals surface area contributed by atoms with Crippen LogP contribution in [0.2, 0.25) is 0 Å². The van der Waals surface area contributed by atoms with Crippen molar-refractivity contribution in [2.45, 2.75) is 159 Å². The number of hydrogen-bond acceptors (Lipinski definition) is 11. The fraction of sp³-hybridized carbons (Fsp3) is 0.941. The van der Waals surface area contributed by atoms with Crippen LogP contribution in [-0.2, 0) is 28.4 Å². The zero-order valence-corrected chi connectivity index (χ0v) is 27.7. The summed E-state index contributed by atoms with van der Waals surface area (Å²) in [5, 5.41) is 53.5. The third-order valence-corrected chi connectivity index (χ3v) is 13.0. The number of fused-ring (bicyclic) bond motifs is 5. The van der Waals surface area contributed by atoms with Crippen molar-refractivity contribution in [2.75, 3.05) is 13.7 Å². The molecule has 0 aromatic carbocycles. The van der Waals surface area contributed by atoms with Crippen molar-refractivity contribution in [3.8, 4) is 0 Å². The molecule has 0 aromatic heterocycles. The van der Waals surface area contributed by atoms with Crippen molar-refractivity contribution in [1.29, 1.82) is 0 Å². The van der Waals surface area contributed by atoms with E-state index < -0.39 is 72.6 Å². The molecule has 5 fully saturated rings. The Hall–Kier alpha value is -0.700. The second-order valence-corrected chi connectivity index (χ2v) is 15.3. The molecule has 3 heterocycles. The summed E-state index contributed by atoms with van der Waals surface area (Å²) in [5.41, 5.74) is 0.926. The fourth-order valence-electron chi connectivity index (χ4n) is 10.1. The molecule has 3 aliphatic carbocycles. The lowest BCUT2D eigenvalue weighted by atomic mass is 9.45. The van der Waals surface area contributed by atoms with Gasteiger partial charge in [-0.2, -0.15) is 0 Å². The molecule has 0 aromatic rings.